The van der Waals surface area contributed by atoms with Crippen molar-refractivity contribution in [1.82, 2.24) is 4.98 Å². The van der Waals surface area contributed by atoms with Gasteiger partial charge in [-0.05, 0) is 6.07 Å². The highest BCUT2D eigenvalue weighted by molar-refractivity contribution is 5.76. The Hall–Kier alpha value is -1.58. The molecule has 1 rings (SSSR count). The van der Waals surface area contributed by atoms with Gasteiger partial charge in [-0.1, -0.05) is 6.07 Å². The molecular formula is C8H10N2O2. The quantitative estimate of drug-likeness (QED) is 0.693. The number of ether oxygens (including phenoxy) is 1. The van der Waals surface area contributed by atoms with Crippen LogP contribution < -0.4 is 10.5 Å². The highest BCUT2D eigenvalue weighted by Crippen LogP contribution is 2.06. The summed E-state index contributed by atoms with van der Waals surface area (Å²) in [5, 5.41) is 0. The molecule has 1 amide bonds. The van der Waals surface area contributed by atoms with Crippen molar-refractivity contribution in [1.29, 1.82) is 0 Å². The van der Waals surface area contributed by atoms with Crippen molar-refractivity contribution in [3.05, 3.63) is 23.9 Å². The van der Waals surface area contributed by atoms with E-state index >= 15 is 0 Å². The van der Waals surface area contributed by atoms with Crippen molar-refractivity contribution in [3.8, 4) is 5.88 Å². The van der Waals surface area contributed by atoms with Crippen LogP contribution in [0, 0.1) is 0 Å². The molecule has 12 heavy (non-hydrogen) atoms. The summed E-state index contributed by atoms with van der Waals surface area (Å²) in [5.41, 5.74) is 5.62. The highest BCUT2D eigenvalue weighted by Gasteiger charge is 2.00. The molecule has 64 valence electrons. The summed E-state index contributed by atoms with van der Waals surface area (Å²) in [6.45, 7) is 0. The van der Waals surface area contributed by atoms with E-state index in [1.54, 1.807) is 18.2 Å². The molecule has 0 bridgehead atoms. The van der Waals surface area contributed by atoms with E-state index in [1.165, 1.54) is 7.11 Å². The van der Waals surface area contributed by atoms with Crippen LogP contribution in [0.5, 0.6) is 5.88 Å². The molecule has 4 nitrogen and oxygen atoms in total. The van der Waals surface area contributed by atoms with Gasteiger partial charge < -0.3 is 10.5 Å². The molecule has 1 aromatic heterocycles. The van der Waals surface area contributed by atoms with Crippen LogP contribution in [-0.2, 0) is 11.2 Å². The van der Waals surface area contributed by atoms with Crippen LogP contribution >= 0.6 is 0 Å². The van der Waals surface area contributed by atoms with Crippen LogP contribution in [0.25, 0.3) is 0 Å². The van der Waals surface area contributed by atoms with E-state index in [0.29, 0.717) is 11.6 Å². The fourth-order valence-electron chi connectivity index (χ4n) is 0.848. The van der Waals surface area contributed by atoms with Crippen LogP contribution in [0.1, 0.15) is 5.69 Å². The van der Waals surface area contributed by atoms with Crippen molar-refractivity contribution in [3.63, 3.8) is 0 Å². The predicted molar refractivity (Wildman–Crippen MR) is 43.7 cm³/mol. The Morgan fingerprint density at radius 3 is 3.00 bits per heavy atom. The summed E-state index contributed by atoms with van der Waals surface area (Å²) >= 11 is 0. The first kappa shape index (κ1) is 8.52. The van der Waals surface area contributed by atoms with Gasteiger partial charge in [0.2, 0.25) is 11.8 Å². The second-order valence-corrected chi connectivity index (χ2v) is 2.31. The van der Waals surface area contributed by atoms with Gasteiger partial charge in [0.15, 0.2) is 0 Å². The SMILES string of the molecule is COc1cccc(CC(N)=O)n1. The number of pyridine rings is 1. The molecule has 0 saturated carbocycles. The molecule has 0 atom stereocenters. The third-order valence-electron chi connectivity index (χ3n) is 1.35. The standard InChI is InChI=1S/C8H10N2O2/c1-12-8-4-2-3-6(10-8)5-7(9)11/h2-4H,5H2,1H3,(H2,9,11). The molecule has 4 heteroatoms. The van der Waals surface area contributed by atoms with E-state index in [9.17, 15) is 4.79 Å². The monoisotopic (exact) mass is 166 g/mol. The number of nitrogens with zero attached hydrogens (tertiary/aromatic N) is 1. The maximum Gasteiger partial charge on any atom is 0.223 e. The molecule has 0 aliphatic heterocycles. The Labute approximate surface area is 70.4 Å². The highest BCUT2D eigenvalue weighted by atomic mass is 16.5. The lowest BCUT2D eigenvalue weighted by molar-refractivity contribution is -0.117. The van der Waals surface area contributed by atoms with Crippen molar-refractivity contribution in [2.45, 2.75) is 6.42 Å². The van der Waals surface area contributed by atoms with E-state index in [0.717, 1.165) is 0 Å². The Kier molecular flexibility index (Phi) is 2.63. The topological polar surface area (TPSA) is 65.2 Å². The summed E-state index contributed by atoms with van der Waals surface area (Å²) in [7, 11) is 1.52. The molecule has 0 aromatic carbocycles. The summed E-state index contributed by atoms with van der Waals surface area (Å²) in [4.78, 5) is 14.5. The van der Waals surface area contributed by atoms with Crippen LogP contribution in [-0.4, -0.2) is 18.0 Å². The van der Waals surface area contributed by atoms with Crippen LogP contribution in [0.15, 0.2) is 18.2 Å². The van der Waals surface area contributed by atoms with Crippen LogP contribution in [0.4, 0.5) is 0 Å². The van der Waals surface area contributed by atoms with E-state index in [-0.39, 0.29) is 6.42 Å². The zero-order chi connectivity index (χ0) is 8.97. The molecule has 1 aromatic rings. The van der Waals surface area contributed by atoms with Crippen molar-refractivity contribution in [2.75, 3.05) is 7.11 Å². The second-order valence-electron chi connectivity index (χ2n) is 2.31. The Morgan fingerprint density at radius 1 is 1.67 bits per heavy atom. The summed E-state index contributed by atoms with van der Waals surface area (Å²) in [6.07, 6.45) is 0.150. The fraction of sp³-hybridized carbons (Fsp3) is 0.250. The number of methoxy groups -OCH3 is 1. The first-order valence-corrected chi connectivity index (χ1v) is 3.50. The molecule has 0 radical (unpaired) electrons. The summed E-state index contributed by atoms with van der Waals surface area (Å²) in [5.74, 6) is 0.101. The number of carbonyl (C=O) groups excluding carboxylic acids is 1. The average molecular weight is 166 g/mol. The van der Waals surface area contributed by atoms with Crippen molar-refractivity contribution >= 4 is 5.91 Å². The number of hydrogen-bond donors (Lipinski definition) is 1. The third-order valence-corrected chi connectivity index (χ3v) is 1.35. The van der Waals surface area contributed by atoms with Crippen molar-refractivity contribution in [2.24, 2.45) is 5.73 Å². The maximum absolute atomic E-state index is 10.5. The van der Waals surface area contributed by atoms with Gasteiger partial charge in [-0.3, -0.25) is 4.79 Å². The molecule has 0 saturated heterocycles. The van der Waals surface area contributed by atoms with E-state index in [1.807, 2.05) is 0 Å². The Bertz CT molecular complexity index is 286. The number of aromatic nitrogens is 1. The first-order valence-electron chi connectivity index (χ1n) is 3.50. The average Bonchev–Trinajstić information content (AvgIpc) is 2.03. The molecule has 0 spiro atoms. The van der Waals surface area contributed by atoms with Gasteiger partial charge in [-0.15, -0.1) is 0 Å². The summed E-state index contributed by atoms with van der Waals surface area (Å²) < 4.78 is 4.87. The molecule has 1 heterocycles. The molecule has 0 aliphatic carbocycles. The van der Waals surface area contributed by atoms with Gasteiger partial charge in [0, 0.05) is 6.07 Å². The largest absolute Gasteiger partial charge is 0.481 e. The Morgan fingerprint density at radius 2 is 2.42 bits per heavy atom. The minimum Gasteiger partial charge on any atom is -0.481 e. The van der Waals surface area contributed by atoms with E-state index in [4.69, 9.17) is 10.5 Å². The lowest BCUT2D eigenvalue weighted by Gasteiger charge is -2.00. The number of hydrogen-bond acceptors (Lipinski definition) is 3. The second kappa shape index (κ2) is 3.71. The van der Waals surface area contributed by atoms with Crippen LogP contribution in [0.3, 0.4) is 0 Å². The number of amides is 1. The maximum atomic E-state index is 10.5. The third kappa shape index (κ3) is 2.23. The van der Waals surface area contributed by atoms with Crippen molar-refractivity contribution < 1.29 is 9.53 Å². The molecule has 0 aliphatic rings. The number of primary amides is 1. The zero-order valence-electron chi connectivity index (χ0n) is 6.78. The number of carbonyl (C=O) groups is 1. The predicted octanol–water partition coefficient (Wildman–Crippen LogP) is 0.118. The first-order chi connectivity index (χ1) is 5.72. The smallest absolute Gasteiger partial charge is 0.223 e. The minimum atomic E-state index is -0.393. The Balaban J connectivity index is 2.79. The molecule has 0 fully saturated rings. The van der Waals surface area contributed by atoms with E-state index in [2.05, 4.69) is 4.98 Å². The fourth-order valence-corrected chi connectivity index (χ4v) is 0.848. The minimum absolute atomic E-state index is 0.150. The number of nitrogens with two attached hydrogens (primary N) is 1. The van der Waals surface area contributed by atoms with Gasteiger partial charge in [0.25, 0.3) is 0 Å². The number of rotatable bonds is 3. The van der Waals surface area contributed by atoms with Gasteiger partial charge in [0.05, 0.1) is 19.2 Å². The molecule has 2 N–H and O–H groups in total. The lowest BCUT2D eigenvalue weighted by Crippen LogP contribution is -2.14. The normalized spacial score (nSPS) is 9.42. The van der Waals surface area contributed by atoms with Gasteiger partial charge in [-0.2, -0.15) is 0 Å². The summed E-state index contributed by atoms with van der Waals surface area (Å²) in [6, 6.07) is 5.21. The molecular weight excluding hydrogens is 156 g/mol. The lowest BCUT2D eigenvalue weighted by atomic mass is 10.2. The van der Waals surface area contributed by atoms with Gasteiger partial charge in [0.1, 0.15) is 0 Å². The zero-order valence-corrected chi connectivity index (χ0v) is 6.78. The van der Waals surface area contributed by atoms with E-state index < -0.39 is 5.91 Å². The van der Waals surface area contributed by atoms with Gasteiger partial charge >= 0.3 is 0 Å². The van der Waals surface area contributed by atoms with Gasteiger partial charge in [-0.25, -0.2) is 4.98 Å². The molecule has 0 unspecified atom stereocenters. The van der Waals surface area contributed by atoms with Crippen LogP contribution in [0.2, 0.25) is 0 Å².